The van der Waals surface area contributed by atoms with Crippen molar-refractivity contribution in [1.82, 2.24) is 0 Å². The van der Waals surface area contributed by atoms with Gasteiger partial charge in [-0.05, 0) is 92.9 Å². The molecule has 0 N–H and O–H groups in total. The standard InChI is InChI=1S/C31H42NO5P/c1-5-9-23-34-30-19-15-28(16-20-30)32(29-17-21-31(22-18-29)35-24-10-6-2)27-13-11-26(12-14-27)25-38(33,36-7-3)37-8-4/h11-22H,5-10,23-25H2,1-4H3. The first-order valence-corrected chi connectivity index (χ1v) is 15.5. The van der Waals surface area contributed by atoms with E-state index >= 15 is 0 Å². The summed E-state index contributed by atoms with van der Waals surface area (Å²) in [5.74, 6) is 1.72. The maximum atomic E-state index is 13.0. The zero-order chi connectivity index (χ0) is 27.2. The molecule has 0 spiro atoms. The zero-order valence-electron chi connectivity index (χ0n) is 23.2. The fourth-order valence-electron chi connectivity index (χ4n) is 3.99. The lowest BCUT2D eigenvalue weighted by molar-refractivity contribution is 0.219. The topological polar surface area (TPSA) is 57.2 Å². The first-order chi connectivity index (χ1) is 18.5. The van der Waals surface area contributed by atoms with Crippen molar-refractivity contribution in [3.8, 4) is 11.5 Å². The summed E-state index contributed by atoms with van der Waals surface area (Å²) in [4.78, 5) is 2.18. The predicted octanol–water partition coefficient (Wildman–Crippen LogP) is 9.28. The van der Waals surface area contributed by atoms with E-state index in [2.05, 4.69) is 43.0 Å². The molecular weight excluding hydrogens is 497 g/mol. The van der Waals surface area contributed by atoms with Crippen LogP contribution in [0.25, 0.3) is 0 Å². The molecule has 3 aromatic carbocycles. The van der Waals surface area contributed by atoms with Crippen molar-refractivity contribution in [2.75, 3.05) is 31.3 Å². The lowest BCUT2D eigenvalue weighted by Crippen LogP contribution is -2.10. The van der Waals surface area contributed by atoms with Crippen molar-refractivity contribution in [2.24, 2.45) is 0 Å². The molecule has 0 atom stereocenters. The first kappa shape index (κ1) is 29.8. The fourth-order valence-corrected chi connectivity index (χ4v) is 5.70. The van der Waals surface area contributed by atoms with E-state index in [1.165, 1.54) is 0 Å². The number of nitrogens with zero attached hydrogens (tertiary/aromatic N) is 1. The van der Waals surface area contributed by atoms with Crippen LogP contribution in [0.1, 0.15) is 58.9 Å². The second kappa shape index (κ2) is 15.6. The van der Waals surface area contributed by atoms with Gasteiger partial charge in [-0.1, -0.05) is 38.8 Å². The summed E-state index contributed by atoms with van der Waals surface area (Å²) >= 11 is 0. The van der Waals surface area contributed by atoms with Gasteiger partial charge < -0.3 is 23.4 Å². The molecule has 0 aromatic heterocycles. The van der Waals surface area contributed by atoms with Gasteiger partial charge in [-0.3, -0.25) is 4.57 Å². The maximum Gasteiger partial charge on any atom is 0.335 e. The van der Waals surface area contributed by atoms with Crippen LogP contribution >= 0.6 is 7.60 Å². The van der Waals surface area contributed by atoms with Gasteiger partial charge >= 0.3 is 7.60 Å². The molecular formula is C31H42NO5P. The molecule has 3 aromatic rings. The summed E-state index contributed by atoms with van der Waals surface area (Å²) in [6.07, 6.45) is 4.51. The Morgan fingerprint density at radius 2 is 1.00 bits per heavy atom. The number of hydrogen-bond acceptors (Lipinski definition) is 6. The highest BCUT2D eigenvalue weighted by molar-refractivity contribution is 7.53. The van der Waals surface area contributed by atoms with Crippen molar-refractivity contribution in [1.29, 1.82) is 0 Å². The van der Waals surface area contributed by atoms with Crippen LogP contribution in [-0.4, -0.2) is 26.4 Å². The van der Waals surface area contributed by atoms with E-state index < -0.39 is 7.60 Å². The fraction of sp³-hybridized carbons (Fsp3) is 0.419. The molecule has 206 valence electrons. The number of anilines is 3. The minimum absolute atomic E-state index is 0.239. The van der Waals surface area contributed by atoms with E-state index in [0.29, 0.717) is 26.4 Å². The zero-order valence-corrected chi connectivity index (χ0v) is 24.1. The van der Waals surface area contributed by atoms with E-state index in [-0.39, 0.29) is 6.16 Å². The Morgan fingerprint density at radius 1 is 0.605 bits per heavy atom. The van der Waals surface area contributed by atoms with Crippen LogP contribution in [0.15, 0.2) is 72.8 Å². The van der Waals surface area contributed by atoms with Gasteiger partial charge in [0.25, 0.3) is 0 Å². The van der Waals surface area contributed by atoms with Crippen molar-refractivity contribution in [2.45, 2.75) is 59.5 Å². The largest absolute Gasteiger partial charge is 0.494 e. The maximum absolute atomic E-state index is 13.0. The molecule has 6 nitrogen and oxygen atoms in total. The third-order valence-electron chi connectivity index (χ3n) is 5.95. The van der Waals surface area contributed by atoms with Crippen molar-refractivity contribution in [3.63, 3.8) is 0 Å². The van der Waals surface area contributed by atoms with Gasteiger partial charge in [-0.15, -0.1) is 0 Å². The molecule has 0 unspecified atom stereocenters. The summed E-state index contributed by atoms with van der Waals surface area (Å²) < 4.78 is 35.7. The van der Waals surface area contributed by atoms with Crippen LogP contribution in [0.5, 0.6) is 11.5 Å². The molecule has 0 radical (unpaired) electrons. The monoisotopic (exact) mass is 539 g/mol. The minimum atomic E-state index is -3.17. The molecule has 0 fully saturated rings. The van der Waals surface area contributed by atoms with E-state index in [1.807, 2.05) is 62.4 Å². The Bertz CT molecular complexity index is 1050. The molecule has 0 saturated carbocycles. The molecule has 0 aliphatic heterocycles. The summed E-state index contributed by atoms with van der Waals surface area (Å²) in [5.41, 5.74) is 3.90. The lowest BCUT2D eigenvalue weighted by Gasteiger charge is -2.26. The van der Waals surface area contributed by atoms with Crippen LogP contribution in [0.4, 0.5) is 17.1 Å². The van der Waals surface area contributed by atoms with Crippen molar-refractivity contribution < 1.29 is 23.1 Å². The van der Waals surface area contributed by atoms with Gasteiger partial charge in [0, 0.05) is 17.1 Å². The molecule has 0 aliphatic rings. The van der Waals surface area contributed by atoms with Gasteiger partial charge in [0.2, 0.25) is 0 Å². The Kier molecular flexibility index (Phi) is 12.2. The molecule has 0 heterocycles. The van der Waals surface area contributed by atoms with Gasteiger partial charge in [-0.25, -0.2) is 0 Å². The second-order valence-corrected chi connectivity index (χ2v) is 11.1. The summed E-state index contributed by atoms with van der Waals surface area (Å²) in [5, 5.41) is 0. The van der Waals surface area contributed by atoms with E-state index in [1.54, 1.807) is 0 Å². The van der Waals surface area contributed by atoms with E-state index in [9.17, 15) is 4.57 Å². The number of ether oxygens (including phenoxy) is 2. The third kappa shape index (κ3) is 8.90. The molecule has 38 heavy (non-hydrogen) atoms. The molecule has 3 rings (SSSR count). The van der Waals surface area contributed by atoms with Gasteiger partial charge in [0.15, 0.2) is 0 Å². The quantitative estimate of drug-likeness (QED) is 0.126. The molecule has 0 bridgehead atoms. The average molecular weight is 540 g/mol. The average Bonchev–Trinajstić information content (AvgIpc) is 2.92. The SMILES string of the molecule is CCCCOc1ccc(N(c2ccc(CP(=O)(OCC)OCC)cc2)c2ccc(OCCCC)cc2)cc1. The van der Waals surface area contributed by atoms with Gasteiger partial charge in [0.05, 0.1) is 32.6 Å². The Morgan fingerprint density at radius 3 is 1.37 bits per heavy atom. The van der Waals surface area contributed by atoms with E-state index in [0.717, 1.165) is 59.8 Å². The summed E-state index contributed by atoms with van der Waals surface area (Å²) in [6.45, 7) is 10.1. The van der Waals surface area contributed by atoms with E-state index in [4.69, 9.17) is 18.5 Å². The van der Waals surface area contributed by atoms with Crippen LogP contribution < -0.4 is 14.4 Å². The number of rotatable bonds is 17. The van der Waals surface area contributed by atoms with Crippen LogP contribution in [0, 0.1) is 0 Å². The summed E-state index contributed by atoms with van der Waals surface area (Å²) in [7, 11) is -3.17. The number of hydrogen-bond donors (Lipinski definition) is 0. The lowest BCUT2D eigenvalue weighted by atomic mass is 10.1. The van der Waals surface area contributed by atoms with Crippen LogP contribution in [0.2, 0.25) is 0 Å². The third-order valence-corrected chi connectivity index (χ3v) is 8.00. The molecule has 0 amide bonds. The Labute approximate surface area is 228 Å². The minimum Gasteiger partial charge on any atom is -0.494 e. The second-order valence-electron chi connectivity index (χ2n) is 9.00. The molecule has 0 aliphatic carbocycles. The van der Waals surface area contributed by atoms with Crippen molar-refractivity contribution in [3.05, 3.63) is 78.4 Å². The van der Waals surface area contributed by atoms with Crippen LogP contribution in [-0.2, 0) is 19.8 Å². The Hall–Kier alpha value is -2.79. The first-order valence-electron chi connectivity index (χ1n) is 13.7. The highest BCUT2D eigenvalue weighted by Gasteiger charge is 2.24. The molecule has 0 saturated heterocycles. The van der Waals surface area contributed by atoms with Gasteiger partial charge in [-0.2, -0.15) is 0 Å². The highest BCUT2D eigenvalue weighted by Crippen LogP contribution is 2.51. The normalized spacial score (nSPS) is 11.4. The number of benzene rings is 3. The highest BCUT2D eigenvalue weighted by atomic mass is 31.2. The van der Waals surface area contributed by atoms with Crippen molar-refractivity contribution >= 4 is 24.7 Å². The smallest absolute Gasteiger partial charge is 0.335 e. The Balaban J connectivity index is 1.88. The summed E-state index contributed by atoms with van der Waals surface area (Å²) in [6, 6.07) is 24.4. The number of unbranched alkanes of at least 4 members (excludes halogenated alkanes) is 2. The molecule has 7 heteroatoms. The predicted molar refractivity (Wildman–Crippen MR) is 156 cm³/mol. The van der Waals surface area contributed by atoms with Crippen LogP contribution in [0.3, 0.4) is 0 Å². The van der Waals surface area contributed by atoms with Gasteiger partial charge in [0.1, 0.15) is 11.5 Å².